The zero-order chi connectivity index (χ0) is 15.4. The molecule has 7 heteroatoms. The van der Waals surface area contributed by atoms with Gasteiger partial charge in [-0.3, -0.25) is 14.7 Å². The largest absolute Gasteiger partial charge is 0.396 e. The first-order valence-corrected chi connectivity index (χ1v) is 8.93. The molecular formula is C15H22N4O2S. The standard InChI is InChI=1S/C15H22N4O2S/c20-10-11-8-19(12-1-5-22-6-2-12)9-14(11)18-15(21)13-7-16-3-4-17-13/h3-4,7,11-12,14,20H,1-2,5-6,8-10H2,(H,18,21)/t11-,14+/m0/s1. The normalized spacial score (nSPS) is 27.0. The van der Waals surface area contributed by atoms with E-state index in [9.17, 15) is 9.90 Å². The Kier molecular flexibility index (Phi) is 5.28. The Hall–Kier alpha value is -1.18. The molecular weight excluding hydrogens is 300 g/mol. The molecule has 1 aromatic rings. The molecule has 0 aromatic carbocycles. The van der Waals surface area contributed by atoms with Crippen LogP contribution in [0.15, 0.2) is 18.6 Å². The number of aliphatic hydroxyl groups is 1. The van der Waals surface area contributed by atoms with Crippen molar-refractivity contribution in [3.8, 4) is 0 Å². The maximum Gasteiger partial charge on any atom is 0.271 e. The summed E-state index contributed by atoms with van der Waals surface area (Å²) in [7, 11) is 0. The van der Waals surface area contributed by atoms with E-state index in [1.165, 1.54) is 36.7 Å². The number of thioether (sulfide) groups is 1. The van der Waals surface area contributed by atoms with E-state index in [2.05, 4.69) is 20.2 Å². The van der Waals surface area contributed by atoms with Crippen LogP contribution in [0.5, 0.6) is 0 Å². The number of likely N-dealkylation sites (tertiary alicyclic amines) is 1. The monoisotopic (exact) mass is 322 g/mol. The number of carbonyl (C=O) groups is 1. The predicted octanol–water partition coefficient (Wildman–Crippen LogP) is 0.395. The molecule has 0 bridgehead atoms. The third kappa shape index (κ3) is 3.59. The highest BCUT2D eigenvalue weighted by molar-refractivity contribution is 7.99. The highest BCUT2D eigenvalue weighted by Crippen LogP contribution is 2.27. The van der Waals surface area contributed by atoms with E-state index in [4.69, 9.17) is 0 Å². The van der Waals surface area contributed by atoms with E-state index in [0.717, 1.165) is 13.1 Å². The van der Waals surface area contributed by atoms with E-state index in [1.54, 1.807) is 6.20 Å². The van der Waals surface area contributed by atoms with Gasteiger partial charge in [0.1, 0.15) is 5.69 Å². The fourth-order valence-electron chi connectivity index (χ4n) is 3.26. The van der Waals surface area contributed by atoms with Crippen LogP contribution in [0.2, 0.25) is 0 Å². The van der Waals surface area contributed by atoms with Crippen LogP contribution < -0.4 is 5.32 Å². The molecule has 2 atom stereocenters. The lowest BCUT2D eigenvalue weighted by atomic mass is 10.1. The van der Waals surface area contributed by atoms with E-state index >= 15 is 0 Å². The number of aromatic nitrogens is 2. The molecule has 0 unspecified atom stereocenters. The van der Waals surface area contributed by atoms with E-state index in [1.807, 2.05) is 11.8 Å². The zero-order valence-corrected chi connectivity index (χ0v) is 13.3. The summed E-state index contributed by atoms with van der Waals surface area (Å²) in [5.74, 6) is 2.30. The second-order valence-electron chi connectivity index (χ2n) is 5.91. The van der Waals surface area contributed by atoms with Crippen molar-refractivity contribution < 1.29 is 9.90 Å². The zero-order valence-electron chi connectivity index (χ0n) is 12.5. The molecule has 120 valence electrons. The minimum Gasteiger partial charge on any atom is -0.396 e. The number of nitrogens with one attached hydrogen (secondary N) is 1. The number of carbonyl (C=O) groups excluding carboxylic acids is 1. The highest BCUT2D eigenvalue weighted by Gasteiger charge is 2.37. The molecule has 3 rings (SSSR count). The second-order valence-corrected chi connectivity index (χ2v) is 7.14. The molecule has 22 heavy (non-hydrogen) atoms. The minimum absolute atomic E-state index is 0.0194. The van der Waals surface area contributed by atoms with Gasteiger partial charge in [0, 0.05) is 50.1 Å². The maximum absolute atomic E-state index is 12.2. The Morgan fingerprint density at radius 3 is 2.86 bits per heavy atom. The summed E-state index contributed by atoms with van der Waals surface area (Å²) in [4.78, 5) is 22.6. The summed E-state index contributed by atoms with van der Waals surface area (Å²) in [6, 6.07) is 0.572. The molecule has 2 N–H and O–H groups in total. The number of amides is 1. The number of nitrogens with zero attached hydrogens (tertiary/aromatic N) is 3. The van der Waals surface area contributed by atoms with E-state index < -0.39 is 0 Å². The van der Waals surface area contributed by atoms with Gasteiger partial charge in [-0.15, -0.1) is 0 Å². The fourth-order valence-corrected chi connectivity index (χ4v) is 4.34. The van der Waals surface area contributed by atoms with Crippen LogP contribution in [-0.2, 0) is 0 Å². The van der Waals surface area contributed by atoms with Gasteiger partial charge in [0.15, 0.2) is 0 Å². The summed E-state index contributed by atoms with van der Waals surface area (Å²) in [5.41, 5.74) is 0.326. The van der Waals surface area contributed by atoms with Crippen molar-refractivity contribution >= 4 is 17.7 Å². The van der Waals surface area contributed by atoms with Gasteiger partial charge in [-0.1, -0.05) is 0 Å². The molecule has 3 heterocycles. The minimum atomic E-state index is -0.211. The highest BCUT2D eigenvalue weighted by atomic mass is 32.2. The second kappa shape index (κ2) is 7.39. The molecule has 0 spiro atoms. The molecule has 1 aromatic heterocycles. The van der Waals surface area contributed by atoms with Crippen molar-refractivity contribution in [1.82, 2.24) is 20.2 Å². The van der Waals surface area contributed by atoms with Gasteiger partial charge >= 0.3 is 0 Å². The Labute approximate surface area is 134 Å². The quantitative estimate of drug-likeness (QED) is 0.835. The van der Waals surface area contributed by atoms with Gasteiger partial charge in [0.2, 0.25) is 0 Å². The average molecular weight is 322 g/mol. The molecule has 0 saturated carbocycles. The summed E-state index contributed by atoms with van der Waals surface area (Å²) >= 11 is 2.01. The van der Waals surface area contributed by atoms with Crippen molar-refractivity contribution in [2.75, 3.05) is 31.2 Å². The van der Waals surface area contributed by atoms with E-state index in [0.29, 0.717) is 11.7 Å². The molecule has 2 saturated heterocycles. The molecule has 2 aliphatic rings. The Balaban J connectivity index is 1.61. The summed E-state index contributed by atoms with van der Waals surface area (Å²) in [6.45, 7) is 1.77. The summed E-state index contributed by atoms with van der Waals surface area (Å²) in [5, 5.41) is 12.6. The lowest BCUT2D eigenvalue weighted by molar-refractivity contribution is 0.0915. The van der Waals surface area contributed by atoms with Crippen molar-refractivity contribution in [2.45, 2.75) is 24.9 Å². The number of rotatable bonds is 4. The van der Waals surface area contributed by atoms with Crippen LogP contribution in [0.4, 0.5) is 0 Å². The smallest absolute Gasteiger partial charge is 0.271 e. The topological polar surface area (TPSA) is 78.4 Å². The summed E-state index contributed by atoms with van der Waals surface area (Å²) < 4.78 is 0. The van der Waals surface area contributed by atoms with Crippen molar-refractivity contribution in [1.29, 1.82) is 0 Å². The van der Waals surface area contributed by atoms with E-state index in [-0.39, 0.29) is 24.5 Å². The Bertz CT molecular complexity index is 496. The van der Waals surface area contributed by atoms with Crippen LogP contribution >= 0.6 is 11.8 Å². The van der Waals surface area contributed by atoms with Crippen LogP contribution in [-0.4, -0.2) is 69.2 Å². The predicted molar refractivity (Wildman–Crippen MR) is 85.8 cm³/mol. The van der Waals surface area contributed by atoms with Crippen molar-refractivity contribution in [3.05, 3.63) is 24.3 Å². The average Bonchev–Trinajstić information content (AvgIpc) is 2.99. The molecule has 2 fully saturated rings. The van der Waals surface area contributed by atoms with Crippen molar-refractivity contribution in [3.63, 3.8) is 0 Å². The van der Waals surface area contributed by atoms with Crippen LogP contribution in [0, 0.1) is 5.92 Å². The number of hydrogen-bond acceptors (Lipinski definition) is 6. The number of hydrogen-bond donors (Lipinski definition) is 2. The Morgan fingerprint density at radius 2 is 2.18 bits per heavy atom. The van der Waals surface area contributed by atoms with Crippen LogP contribution in [0.3, 0.4) is 0 Å². The van der Waals surface area contributed by atoms with Gasteiger partial charge in [0.05, 0.1) is 6.20 Å². The molecule has 2 aliphatic heterocycles. The first-order chi connectivity index (χ1) is 10.8. The maximum atomic E-state index is 12.2. The molecule has 0 radical (unpaired) electrons. The SMILES string of the molecule is O=C(N[C@@H]1CN(C2CCSCC2)C[C@H]1CO)c1cnccn1. The number of aliphatic hydroxyl groups excluding tert-OH is 1. The lowest BCUT2D eigenvalue weighted by Crippen LogP contribution is -2.43. The summed E-state index contributed by atoms with van der Waals surface area (Å²) in [6.07, 6.45) is 6.93. The molecule has 1 amide bonds. The lowest BCUT2D eigenvalue weighted by Gasteiger charge is -2.30. The Morgan fingerprint density at radius 1 is 1.36 bits per heavy atom. The molecule has 0 aliphatic carbocycles. The van der Waals surface area contributed by atoms with Gasteiger partial charge in [0.25, 0.3) is 5.91 Å². The third-order valence-corrected chi connectivity index (χ3v) is 5.57. The first-order valence-electron chi connectivity index (χ1n) is 7.77. The first kappa shape index (κ1) is 15.7. The molecule has 6 nitrogen and oxygen atoms in total. The third-order valence-electron chi connectivity index (χ3n) is 4.52. The van der Waals surface area contributed by atoms with Crippen molar-refractivity contribution in [2.24, 2.45) is 5.92 Å². The van der Waals surface area contributed by atoms with Crippen LogP contribution in [0.25, 0.3) is 0 Å². The van der Waals surface area contributed by atoms with Gasteiger partial charge in [-0.2, -0.15) is 11.8 Å². The van der Waals surface area contributed by atoms with Gasteiger partial charge < -0.3 is 10.4 Å². The van der Waals surface area contributed by atoms with Gasteiger partial charge in [-0.05, 0) is 24.3 Å². The van der Waals surface area contributed by atoms with Crippen LogP contribution in [0.1, 0.15) is 23.3 Å². The fraction of sp³-hybridized carbons (Fsp3) is 0.667. The van der Waals surface area contributed by atoms with Gasteiger partial charge in [-0.25, -0.2) is 4.98 Å².